The van der Waals surface area contributed by atoms with Crippen molar-refractivity contribution < 1.29 is 19.6 Å². The van der Waals surface area contributed by atoms with Gasteiger partial charge >= 0.3 is 5.97 Å². The number of nitro benzene ring substituents is 1. The van der Waals surface area contributed by atoms with E-state index in [1.165, 1.54) is 30.5 Å². The predicted molar refractivity (Wildman–Crippen MR) is 74.1 cm³/mol. The van der Waals surface area contributed by atoms with E-state index in [-0.39, 0.29) is 27.9 Å². The maximum atomic E-state index is 11.0. The molecule has 1 N–H and O–H groups in total. The fraction of sp³-hybridized carbons (Fsp3) is 0.0769. The first-order valence-corrected chi connectivity index (χ1v) is 6.08. The molecule has 0 aliphatic rings. The minimum absolute atomic E-state index is 0.0259. The number of hydrogen-bond acceptors (Lipinski definition) is 5. The van der Waals surface area contributed by atoms with Gasteiger partial charge in [0.25, 0.3) is 5.69 Å². The van der Waals surface area contributed by atoms with E-state index in [0.29, 0.717) is 5.56 Å². The van der Waals surface area contributed by atoms with Crippen LogP contribution in [0.4, 0.5) is 5.69 Å². The summed E-state index contributed by atoms with van der Waals surface area (Å²) in [7, 11) is 0. The number of pyridine rings is 1. The highest BCUT2D eigenvalue weighted by atomic mass is 35.5. The van der Waals surface area contributed by atoms with Gasteiger partial charge in [0, 0.05) is 18.3 Å². The average Bonchev–Trinajstić information content (AvgIpc) is 2.42. The van der Waals surface area contributed by atoms with Gasteiger partial charge in [-0.15, -0.1) is 0 Å². The summed E-state index contributed by atoms with van der Waals surface area (Å²) in [6.07, 6.45) is 1.33. The number of carboxylic acids is 1. The Balaban J connectivity index is 2.44. The first-order valence-electron chi connectivity index (χ1n) is 5.71. The molecule has 0 fully saturated rings. The van der Waals surface area contributed by atoms with Crippen molar-refractivity contribution in [1.29, 1.82) is 0 Å². The molecule has 8 heteroatoms. The number of aromatic nitrogens is 1. The predicted octanol–water partition coefficient (Wildman–Crippen LogP) is 3.44. The molecule has 0 saturated carbocycles. The number of rotatable bonds is 4. The molecular weight excluding hydrogens is 300 g/mol. The Morgan fingerprint density at radius 1 is 1.43 bits per heavy atom. The Morgan fingerprint density at radius 2 is 2.14 bits per heavy atom. The van der Waals surface area contributed by atoms with Crippen LogP contribution in [0.2, 0.25) is 5.02 Å². The molecule has 1 aromatic carbocycles. The molecule has 1 heterocycles. The second-order valence-corrected chi connectivity index (χ2v) is 4.49. The highest BCUT2D eigenvalue weighted by Gasteiger charge is 2.18. The molecule has 2 rings (SSSR count). The molecule has 0 unspecified atom stereocenters. The van der Waals surface area contributed by atoms with Crippen LogP contribution >= 0.6 is 11.6 Å². The lowest BCUT2D eigenvalue weighted by molar-refractivity contribution is -0.384. The summed E-state index contributed by atoms with van der Waals surface area (Å²) in [5.41, 5.74) is -0.0520. The Morgan fingerprint density at radius 3 is 2.76 bits per heavy atom. The summed E-state index contributed by atoms with van der Waals surface area (Å²) in [6.45, 7) is 1.59. The van der Waals surface area contributed by atoms with Crippen molar-refractivity contribution in [2.45, 2.75) is 6.92 Å². The molecule has 0 saturated heterocycles. The molecular formula is C13H9ClN2O5. The SMILES string of the molecule is Cc1cc([N+](=O)[O-])c(Cl)cc1Oc1cccnc1C(=O)O. The van der Waals surface area contributed by atoms with E-state index in [9.17, 15) is 14.9 Å². The zero-order valence-corrected chi connectivity index (χ0v) is 11.5. The molecule has 0 aliphatic carbocycles. The van der Waals surface area contributed by atoms with Crippen molar-refractivity contribution in [2.75, 3.05) is 0 Å². The number of ether oxygens (including phenoxy) is 1. The number of nitro groups is 1. The highest BCUT2D eigenvalue weighted by molar-refractivity contribution is 6.32. The van der Waals surface area contributed by atoms with Crippen LogP contribution in [0.3, 0.4) is 0 Å². The monoisotopic (exact) mass is 308 g/mol. The third kappa shape index (κ3) is 3.09. The Hall–Kier alpha value is -2.67. The van der Waals surface area contributed by atoms with Gasteiger partial charge in [-0.05, 0) is 24.6 Å². The zero-order chi connectivity index (χ0) is 15.6. The average molecular weight is 309 g/mol. The molecule has 0 radical (unpaired) electrons. The van der Waals surface area contributed by atoms with Gasteiger partial charge < -0.3 is 9.84 Å². The van der Waals surface area contributed by atoms with E-state index in [1.54, 1.807) is 6.92 Å². The lowest BCUT2D eigenvalue weighted by Gasteiger charge is -2.10. The molecule has 0 spiro atoms. The van der Waals surface area contributed by atoms with Gasteiger partial charge in [0.05, 0.1) is 4.92 Å². The summed E-state index contributed by atoms with van der Waals surface area (Å²) >= 11 is 5.81. The lowest BCUT2D eigenvalue weighted by Crippen LogP contribution is -2.03. The second-order valence-electron chi connectivity index (χ2n) is 4.08. The number of benzene rings is 1. The van der Waals surface area contributed by atoms with Crippen molar-refractivity contribution in [3.63, 3.8) is 0 Å². The van der Waals surface area contributed by atoms with Crippen LogP contribution in [-0.2, 0) is 0 Å². The van der Waals surface area contributed by atoms with Gasteiger partial charge in [-0.1, -0.05) is 11.6 Å². The van der Waals surface area contributed by atoms with Crippen molar-refractivity contribution in [1.82, 2.24) is 4.98 Å². The Bertz CT molecular complexity index is 732. The second kappa shape index (κ2) is 5.76. The van der Waals surface area contributed by atoms with Crippen LogP contribution in [0.25, 0.3) is 0 Å². The first-order chi connectivity index (χ1) is 9.90. The Labute approximate surface area is 123 Å². The highest BCUT2D eigenvalue weighted by Crippen LogP contribution is 2.34. The van der Waals surface area contributed by atoms with Gasteiger partial charge in [0.15, 0.2) is 11.4 Å². The normalized spacial score (nSPS) is 10.2. The third-order valence-corrected chi connectivity index (χ3v) is 2.94. The number of hydrogen-bond donors (Lipinski definition) is 1. The van der Waals surface area contributed by atoms with E-state index in [2.05, 4.69) is 4.98 Å². The van der Waals surface area contributed by atoms with E-state index < -0.39 is 10.9 Å². The summed E-state index contributed by atoms with van der Waals surface area (Å²) in [4.78, 5) is 24.9. The van der Waals surface area contributed by atoms with Gasteiger partial charge in [0.2, 0.25) is 0 Å². The summed E-state index contributed by atoms with van der Waals surface area (Å²) in [6, 6.07) is 5.48. The molecule has 1 aromatic heterocycles. The smallest absolute Gasteiger partial charge is 0.358 e. The Kier molecular flexibility index (Phi) is 4.04. The summed E-state index contributed by atoms with van der Waals surface area (Å²) in [5, 5.41) is 19.7. The summed E-state index contributed by atoms with van der Waals surface area (Å²) < 4.78 is 5.47. The van der Waals surface area contributed by atoms with Crippen molar-refractivity contribution in [3.8, 4) is 11.5 Å². The number of halogens is 1. The topological polar surface area (TPSA) is 103 Å². The van der Waals surface area contributed by atoms with E-state index in [0.717, 1.165) is 0 Å². The number of carboxylic acid groups (broad SMARTS) is 1. The van der Waals surface area contributed by atoms with Crippen LogP contribution in [0.1, 0.15) is 16.1 Å². The van der Waals surface area contributed by atoms with Gasteiger partial charge in [0.1, 0.15) is 10.8 Å². The van der Waals surface area contributed by atoms with E-state index in [1.807, 2.05) is 0 Å². The van der Waals surface area contributed by atoms with Crippen molar-refractivity contribution >= 4 is 23.3 Å². The van der Waals surface area contributed by atoms with Crippen molar-refractivity contribution in [3.05, 3.63) is 56.9 Å². The number of carbonyl (C=O) groups is 1. The molecule has 108 valence electrons. The fourth-order valence-electron chi connectivity index (χ4n) is 1.65. The van der Waals surface area contributed by atoms with Gasteiger partial charge in [-0.2, -0.15) is 0 Å². The molecule has 0 amide bonds. The molecule has 21 heavy (non-hydrogen) atoms. The van der Waals surface area contributed by atoms with Crippen LogP contribution in [-0.4, -0.2) is 21.0 Å². The van der Waals surface area contributed by atoms with Gasteiger partial charge in [-0.25, -0.2) is 9.78 Å². The van der Waals surface area contributed by atoms with Crippen LogP contribution in [0, 0.1) is 17.0 Å². The standard InChI is InChI=1S/C13H9ClN2O5/c1-7-5-9(16(19)20)8(14)6-11(7)21-10-3-2-4-15-12(10)13(17)18/h2-6H,1H3,(H,17,18). The van der Waals surface area contributed by atoms with Crippen LogP contribution < -0.4 is 4.74 Å². The van der Waals surface area contributed by atoms with E-state index in [4.69, 9.17) is 21.4 Å². The minimum atomic E-state index is -1.24. The maximum absolute atomic E-state index is 11.0. The lowest BCUT2D eigenvalue weighted by atomic mass is 10.2. The fourth-order valence-corrected chi connectivity index (χ4v) is 1.87. The molecule has 2 aromatic rings. The quantitative estimate of drug-likeness (QED) is 0.685. The molecule has 7 nitrogen and oxygen atoms in total. The number of aromatic carboxylic acids is 1. The third-order valence-electron chi connectivity index (χ3n) is 2.63. The first kappa shape index (κ1) is 14.7. The number of aryl methyl sites for hydroxylation is 1. The zero-order valence-electron chi connectivity index (χ0n) is 10.7. The molecule has 0 atom stereocenters. The van der Waals surface area contributed by atoms with Crippen LogP contribution in [0.15, 0.2) is 30.5 Å². The largest absolute Gasteiger partial charge is 0.476 e. The summed E-state index contributed by atoms with van der Waals surface area (Å²) in [5.74, 6) is -0.990. The van der Waals surface area contributed by atoms with E-state index >= 15 is 0 Å². The minimum Gasteiger partial charge on any atom is -0.476 e. The molecule has 0 aliphatic heterocycles. The molecule has 0 bridgehead atoms. The van der Waals surface area contributed by atoms with Gasteiger partial charge in [-0.3, -0.25) is 10.1 Å². The maximum Gasteiger partial charge on any atom is 0.358 e. The van der Waals surface area contributed by atoms with Crippen molar-refractivity contribution in [2.24, 2.45) is 0 Å². The van der Waals surface area contributed by atoms with Crippen LogP contribution in [0.5, 0.6) is 11.5 Å². The number of nitrogens with zero attached hydrogens (tertiary/aromatic N) is 2.